The van der Waals surface area contributed by atoms with E-state index in [1.54, 1.807) is 6.92 Å². The van der Waals surface area contributed by atoms with E-state index in [4.69, 9.17) is 14.2 Å². The molecule has 11 atom stereocenters. The summed E-state index contributed by atoms with van der Waals surface area (Å²) in [4.78, 5) is 12.1. The standard InChI is InChI=1S/C21H30O9/c1-8-10-4-5-21(3,27)11-6-12(9(2)14(11)18(10)30-19(8)26)28-20-17(25)16(24)15(23)13(7-22)29-20/h10-18,20,22-25,27H,1-2,4-7H2,3H3. The Morgan fingerprint density at radius 3 is 2.57 bits per heavy atom. The minimum atomic E-state index is -1.55. The summed E-state index contributed by atoms with van der Waals surface area (Å²) in [6.07, 6.45) is -6.66. The fraction of sp³-hybridized carbons (Fsp3) is 0.762. The Morgan fingerprint density at radius 2 is 1.90 bits per heavy atom. The van der Waals surface area contributed by atoms with Crippen LogP contribution in [0.15, 0.2) is 24.3 Å². The quantitative estimate of drug-likeness (QED) is 0.218. The summed E-state index contributed by atoms with van der Waals surface area (Å²) in [6.45, 7) is 9.20. The van der Waals surface area contributed by atoms with Gasteiger partial charge in [-0.2, -0.15) is 0 Å². The molecule has 4 fully saturated rings. The molecule has 30 heavy (non-hydrogen) atoms. The van der Waals surface area contributed by atoms with Crippen LogP contribution in [0.2, 0.25) is 0 Å². The summed E-state index contributed by atoms with van der Waals surface area (Å²) >= 11 is 0. The van der Waals surface area contributed by atoms with Crippen molar-refractivity contribution in [3.05, 3.63) is 24.3 Å². The number of hydrogen-bond acceptors (Lipinski definition) is 9. The zero-order valence-electron chi connectivity index (χ0n) is 16.9. The van der Waals surface area contributed by atoms with Crippen molar-refractivity contribution in [2.75, 3.05) is 6.61 Å². The van der Waals surface area contributed by atoms with Gasteiger partial charge in [-0.25, -0.2) is 4.79 Å². The summed E-state index contributed by atoms with van der Waals surface area (Å²) in [7, 11) is 0. The molecule has 9 heteroatoms. The van der Waals surface area contributed by atoms with Gasteiger partial charge in [-0.15, -0.1) is 0 Å². The molecule has 0 aromatic carbocycles. The van der Waals surface area contributed by atoms with Crippen molar-refractivity contribution < 1.29 is 44.5 Å². The summed E-state index contributed by atoms with van der Waals surface area (Å²) < 4.78 is 17.0. The number of esters is 1. The number of carbonyl (C=O) groups is 1. The third kappa shape index (κ3) is 3.33. The third-order valence-electron chi connectivity index (χ3n) is 7.35. The van der Waals surface area contributed by atoms with E-state index in [1.807, 2.05) is 0 Å². The first kappa shape index (κ1) is 21.9. The van der Waals surface area contributed by atoms with Crippen LogP contribution in [0.3, 0.4) is 0 Å². The SMILES string of the molecule is C=C1C(=O)OC2C1CCC(C)(O)C1CC(OC3OC(CO)C(O)C(O)C3O)C(=C)C21. The van der Waals surface area contributed by atoms with Gasteiger partial charge in [-0.3, -0.25) is 0 Å². The van der Waals surface area contributed by atoms with Crippen LogP contribution >= 0.6 is 0 Å². The molecule has 2 saturated heterocycles. The van der Waals surface area contributed by atoms with Crippen molar-refractivity contribution in [1.82, 2.24) is 0 Å². The lowest BCUT2D eigenvalue weighted by atomic mass is 9.78. The number of ether oxygens (including phenoxy) is 3. The van der Waals surface area contributed by atoms with Crippen LogP contribution in [0.1, 0.15) is 26.2 Å². The maximum Gasteiger partial charge on any atom is 0.334 e. The maximum absolute atomic E-state index is 12.1. The number of hydrogen-bond donors (Lipinski definition) is 5. The van der Waals surface area contributed by atoms with Crippen LogP contribution in [0.4, 0.5) is 0 Å². The number of rotatable bonds is 3. The molecule has 0 aromatic rings. The van der Waals surface area contributed by atoms with Gasteiger partial charge in [0.05, 0.1) is 18.3 Å². The van der Waals surface area contributed by atoms with Gasteiger partial charge in [0.15, 0.2) is 6.29 Å². The smallest absolute Gasteiger partial charge is 0.334 e. The Labute approximate surface area is 174 Å². The van der Waals surface area contributed by atoms with Crippen LogP contribution in [-0.2, 0) is 19.0 Å². The summed E-state index contributed by atoms with van der Waals surface area (Å²) in [6, 6.07) is 0. The average molecular weight is 426 g/mol. The predicted molar refractivity (Wildman–Crippen MR) is 102 cm³/mol. The molecule has 168 valence electrons. The van der Waals surface area contributed by atoms with Gasteiger partial charge < -0.3 is 39.7 Å². The molecule has 2 heterocycles. The first-order chi connectivity index (χ1) is 14.1. The van der Waals surface area contributed by atoms with Gasteiger partial charge >= 0.3 is 5.97 Å². The lowest BCUT2D eigenvalue weighted by Crippen LogP contribution is -2.59. The highest BCUT2D eigenvalue weighted by molar-refractivity contribution is 5.91. The number of aliphatic hydroxyl groups is 5. The van der Waals surface area contributed by atoms with Crippen LogP contribution < -0.4 is 0 Å². The Hall–Kier alpha value is -1.33. The van der Waals surface area contributed by atoms with Gasteiger partial charge in [0.1, 0.15) is 30.5 Å². The molecular weight excluding hydrogens is 396 g/mol. The second kappa shape index (κ2) is 7.67. The first-order valence-electron chi connectivity index (χ1n) is 10.3. The average Bonchev–Trinajstić information content (AvgIpc) is 3.13. The van der Waals surface area contributed by atoms with E-state index in [2.05, 4.69) is 13.2 Å². The molecule has 0 aromatic heterocycles. The number of fused-ring (bicyclic) bond motifs is 3. The lowest BCUT2D eigenvalue weighted by Gasteiger charge is -2.40. The first-order valence-corrected chi connectivity index (χ1v) is 10.3. The summed E-state index contributed by atoms with van der Waals surface area (Å²) in [5.41, 5.74) is -0.0304. The fourth-order valence-electron chi connectivity index (χ4n) is 5.49. The van der Waals surface area contributed by atoms with Gasteiger partial charge in [-0.05, 0) is 31.8 Å². The van der Waals surface area contributed by atoms with E-state index < -0.39 is 61.1 Å². The van der Waals surface area contributed by atoms with Crippen molar-refractivity contribution in [3.8, 4) is 0 Å². The topological polar surface area (TPSA) is 146 Å². The van der Waals surface area contributed by atoms with E-state index in [9.17, 15) is 30.3 Å². The van der Waals surface area contributed by atoms with E-state index in [1.165, 1.54) is 0 Å². The molecule has 0 amide bonds. The van der Waals surface area contributed by atoms with Gasteiger partial charge in [-0.1, -0.05) is 13.2 Å². The largest absolute Gasteiger partial charge is 0.458 e. The predicted octanol–water partition coefficient (Wildman–Crippen LogP) is -0.994. The normalized spacial score (nSPS) is 51.3. The second-order valence-corrected chi connectivity index (χ2v) is 9.16. The highest BCUT2D eigenvalue weighted by Gasteiger charge is 2.58. The van der Waals surface area contributed by atoms with E-state index in [-0.39, 0.29) is 17.8 Å². The second-order valence-electron chi connectivity index (χ2n) is 9.16. The maximum atomic E-state index is 12.1. The summed E-state index contributed by atoms with van der Waals surface area (Å²) in [5.74, 6) is -1.29. The highest BCUT2D eigenvalue weighted by atomic mass is 16.7. The van der Waals surface area contributed by atoms with Gasteiger partial charge in [0.2, 0.25) is 0 Å². The number of carbonyl (C=O) groups excluding carboxylic acids is 1. The Morgan fingerprint density at radius 1 is 1.20 bits per heavy atom. The molecule has 9 nitrogen and oxygen atoms in total. The van der Waals surface area contributed by atoms with Crippen LogP contribution in [0.25, 0.3) is 0 Å². The van der Waals surface area contributed by atoms with E-state index >= 15 is 0 Å². The zero-order chi connectivity index (χ0) is 22.0. The van der Waals surface area contributed by atoms with Gasteiger partial charge in [0, 0.05) is 23.3 Å². The number of aliphatic hydroxyl groups excluding tert-OH is 4. The molecule has 4 rings (SSSR count). The minimum Gasteiger partial charge on any atom is -0.458 e. The molecule has 5 N–H and O–H groups in total. The van der Waals surface area contributed by atoms with Crippen molar-refractivity contribution >= 4 is 5.97 Å². The highest BCUT2D eigenvalue weighted by Crippen LogP contribution is 2.54. The van der Waals surface area contributed by atoms with Crippen LogP contribution in [0.5, 0.6) is 0 Å². The van der Waals surface area contributed by atoms with Crippen molar-refractivity contribution in [2.24, 2.45) is 17.8 Å². The Bertz CT molecular complexity index is 732. The van der Waals surface area contributed by atoms with Crippen LogP contribution in [-0.4, -0.2) is 86.6 Å². The van der Waals surface area contributed by atoms with Crippen LogP contribution in [0, 0.1) is 17.8 Å². The zero-order valence-corrected chi connectivity index (χ0v) is 16.9. The van der Waals surface area contributed by atoms with Crippen molar-refractivity contribution in [2.45, 2.75) is 74.7 Å². The Balaban J connectivity index is 1.57. The minimum absolute atomic E-state index is 0.207. The molecular formula is C21H30O9. The molecule has 0 radical (unpaired) electrons. The van der Waals surface area contributed by atoms with Crippen molar-refractivity contribution in [3.63, 3.8) is 0 Å². The fourth-order valence-corrected chi connectivity index (χ4v) is 5.49. The molecule has 0 bridgehead atoms. The molecule has 2 saturated carbocycles. The monoisotopic (exact) mass is 426 g/mol. The van der Waals surface area contributed by atoms with Gasteiger partial charge in [0.25, 0.3) is 0 Å². The summed E-state index contributed by atoms with van der Waals surface area (Å²) in [5, 5.41) is 50.8. The lowest BCUT2D eigenvalue weighted by molar-refractivity contribution is -0.308. The molecule has 11 unspecified atom stereocenters. The van der Waals surface area contributed by atoms with E-state index in [0.717, 1.165) is 0 Å². The third-order valence-corrected chi connectivity index (χ3v) is 7.35. The molecule has 0 spiro atoms. The van der Waals surface area contributed by atoms with Crippen molar-refractivity contribution in [1.29, 1.82) is 0 Å². The molecule has 4 aliphatic rings. The van der Waals surface area contributed by atoms with E-state index in [0.29, 0.717) is 30.4 Å². The molecule has 2 aliphatic carbocycles. The molecule has 2 aliphatic heterocycles. The Kier molecular flexibility index (Phi) is 5.59.